The van der Waals surface area contributed by atoms with Crippen LogP contribution in [0.5, 0.6) is 0 Å². The van der Waals surface area contributed by atoms with E-state index in [0.717, 1.165) is 25.6 Å². The molecule has 0 bridgehead atoms. The number of aromatic amines is 1. The Morgan fingerprint density at radius 3 is 2.65 bits per heavy atom. The molecule has 4 rings (SSSR count). The minimum Gasteiger partial charge on any atom is -0.360 e. The highest BCUT2D eigenvalue weighted by molar-refractivity contribution is 7.70. The highest BCUT2D eigenvalue weighted by Crippen LogP contribution is 2.42. The van der Waals surface area contributed by atoms with Gasteiger partial charge < -0.3 is 20.2 Å². The lowest BCUT2D eigenvalue weighted by Crippen LogP contribution is -2.98. The highest BCUT2D eigenvalue weighted by Gasteiger charge is 2.37. The van der Waals surface area contributed by atoms with Gasteiger partial charge in [0.05, 0.1) is 46.3 Å². The molecule has 0 aliphatic carbocycles. The third-order valence-electron chi connectivity index (χ3n) is 6.26. The van der Waals surface area contributed by atoms with E-state index in [9.17, 15) is 23.0 Å². The van der Waals surface area contributed by atoms with Gasteiger partial charge in [0.1, 0.15) is 12.7 Å². The Kier molecular flexibility index (Phi) is 5.99. The Labute approximate surface area is 195 Å². The van der Waals surface area contributed by atoms with Gasteiger partial charge >= 0.3 is 6.18 Å². The van der Waals surface area contributed by atoms with Crippen LogP contribution in [0.3, 0.4) is 0 Å². The summed E-state index contributed by atoms with van der Waals surface area (Å²) in [7, 11) is -2.91. The van der Waals surface area contributed by atoms with Gasteiger partial charge in [-0.3, -0.25) is 0 Å². The van der Waals surface area contributed by atoms with Crippen LogP contribution in [0.1, 0.15) is 37.8 Å². The average molecular weight is 491 g/mol. The molecule has 0 unspecified atom stereocenters. The van der Waals surface area contributed by atoms with E-state index in [1.165, 1.54) is 25.6 Å². The molecule has 7 nitrogen and oxygen atoms in total. The Hall–Kier alpha value is -2.89. The summed E-state index contributed by atoms with van der Waals surface area (Å²) in [5.74, 6) is 0.126. The second-order valence-electron chi connectivity index (χ2n) is 9.81. The minimum absolute atomic E-state index is 0.0384. The summed E-state index contributed by atoms with van der Waals surface area (Å²) in [4.78, 5) is 11.2. The zero-order valence-corrected chi connectivity index (χ0v) is 20.3. The standard InChI is InChI=1S/C23H26F3N6OP/c1-22(2)8-7-14(10-30-22)31-21-29-12-17(23(24,25)26)18(32-21)16-11-28-19-15(16)6-5-13(9-27)20(19)34(3,4)33/h5-6,11-12,14,28,30H,7-8,10H2,1-4H3,(H,29,31,32)/p+1/t14-/m0/s1. The molecule has 0 amide bonds. The molecule has 4 N–H and O–H groups in total. The first-order valence-corrected chi connectivity index (χ1v) is 13.6. The summed E-state index contributed by atoms with van der Waals surface area (Å²) in [6.07, 6.45) is -0.629. The Morgan fingerprint density at radius 1 is 1.32 bits per heavy atom. The predicted molar refractivity (Wildman–Crippen MR) is 126 cm³/mol. The van der Waals surface area contributed by atoms with Crippen molar-refractivity contribution in [2.75, 3.05) is 25.2 Å². The van der Waals surface area contributed by atoms with Crippen LogP contribution in [0, 0.1) is 11.3 Å². The molecule has 11 heteroatoms. The zero-order valence-electron chi connectivity index (χ0n) is 19.4. The Bertz CT molecular complexity index is 1320. The number of benzene rings is 1. The number of hydrogen-bond acceptors (Lipinski definition) is 5. The number of rotatable bonds is 4. The van der Waals surface area contributed by atoms with E-state index >= 15 is 0 Å². The van der Waals surface area contributed by atoms with E-state index in [2.05, 4.69) is 39.4 Å². The minimum atomic E-state index is -4.67. The maximum absolute atomic E-state index is 13.9. The summed E-state index contributed by atoms with van der Waals surface area (Å²) in [5, 5.41) is 15.6. The molecule has 1 aromatic carbocycles. The number of H-pyrrole nitrogens is 1. The van der Waals surface area contributed by atoms with Gasteiger partial charge in [0.2, 0.25) is 5.95 Å². The number of quaternary nitrogens is 1. The van der Waals surface area contributed by atoms with Crippen LogP contribution in [0.2, 0.25) is 0 Å². The monoisotopic (exact) mass is 491 g/mol. The number of nitriles is 1. The smallest absolute Gasteiger partial charge is 0.360 e. The first-order valence-electron chi connectivity index (χ1n) is 11.0. The molecule has 34 heavy (non-hydrogen) atoms. The fourth-order valence-corrected chi connectivity index (χ4v) is 5.86. The van der Waals surface area contributed by atoms with Crippen LogP contribution in [0.25, 0.3) is 22.2 Å². The summed E-state index contributed by atoms with van der Waals surface area (Å²) < 4.78 is 54.6. The number of hydrogen-bond donors (Lipinski definition) is 3. The maximum Gasteiger partial charge on any atom is 0.419 e. The van der Waals surface area contributed by atoms with Gasteiger partial charge in [0.25, 0.3) is 0 Å². The largest absolute Gasteiger partial charge is 0.419 e. The number of piperidine rings is 1. The number of halogens is 3. The lowest BCUT2D eigenvalue weighted by molar-refractivity contribution is -0.729. The highest BCUT2D eigenvalue weighted by atomic mass is 31.2. The molecule has 2 aromatic heterocycles. The second kappa shape index (κ2) is 8.40. The summed E-state index contributed by atoms with van der Waals surface area (Å²) in [6, 6.07) is 5.12. The third kappa shape index (κ3) is 4.68. The number of anilines is 1. The molecule has 3 aromatic rings. The molecule has 1 atom stereocenters. The van der Waals surface area contributed by atoms with Crippen molar-refractivity contribution in [2.24, 2.45) is 0 Å². The second-order valence-corrected chi connectivity index (χ2v) is 13.0. The fraction of sp³-hybridized carbons (Fsp3) is 0.435. The SMILES string of the molecule is CC1(C)CC[C@H](Nc2ncc(C(F)(F)F)c(-c3c[nH]c4c(P(C)(C)=O)c(C#N)ccc34)n2)C[NH2+]1. The topological polar surface area (TPSA) is 111 Å². The zero-order chi connectivity index (χ0) is 24.9. The molecule has 1 fully saturated rings. The molecule has 0 saturated carbocycles. The normalized spacial score (nSPS) is 18.6. The van der Waals surface area contributed by atoms with Gasteiger partial charge in [0.15, 0.2) is 0 Å². The van der Waals surface area contributed by atoms with E-state index in [0.29, 0.717) is 16.2 Å². The molecular formula is C23H27F3N6OP+. The lowest BCUT2D eigenvalue weighted by Gasteiger charge is -2.32. The molecule has 1 saturated heterocycles. The number of aromatic nitrogens is 3. The first-order chi connectivity index (χ1) is 15.8. The quantitative estimate of drug-likeness (QED) is 0.482. The third-order valence-corrected chi connectivity index (χ3v) is 7.80. The molecule has 0 spiro atoms. The van der Waals surface area contributed by atoms with E-state index in [-0.39, 0.29) is 34.3 Å². The number of nitrogens with one attached hydrogen (secondary N) is 2. The summed E-state index contributed by atoms with van der Waals surface area (Å²) in [6.45, 7) is 8.14. The molecule has 1 aliphatic heterocycles. The van der Waals surface area contributed by atoms with E-state index in [1.54, 1.807) is 6.07 Å². The van der Waals surface area contributed by atoms with Crippen molar-refractivity contribution in [1.29, 1.82) is 5.26 Å². The Balaban J connectivity index is 1.82. The molecule has 0 radical (unpaired) electrons. The van der Waals surface area contributed by atoms with Crippen LogP contribution >= 0.6 is 7.14 Å². The van der Waals surface area contributed by atoms with Crippen molar-refractivity contribution < 1.29 is 23.1 Å². The van der Waals surface area contributed by atoms with Crippen molar-refractivity contribution >= 4 is 29.3 Å². The van der Waals surface area contributed by atoms with Crippen molar-refractivity contribution in [3.63, 3.8) is 0 Å². The fourth-order valence-electron chi connectivity index (χ4n) is 4.43. The molecule has 3 heterocycles. The van der Waals surface area contributed by atoms with Gasteiger partial charge in [-0.05, 0) is 39.7 Å². The van der Waals surface area contributed by atoms with Crippen molar-refractivity contribution in [1.82, 2.24) is 15.0 Å². The van der Waals surface area contributed by atoms with E-state index in [4.69, 9.17) is 0 Å². The first kappa shape index (κ1) is 24.2. The van der Waals surface area contributed by atoms with Crippen LogP contribution < -0.4 is 15.9 Å². The average Bonchev–Trinajstić information content (AvgIpc) is 3.16. The van der Waals surface area contributed by atoms with Crippen molar-refractivity contribution in [2.45, 2.75) is 44.4 Å². The predicted octanol–water partition coefficient (Wildman–Crippen LogP) is 3.68. The number of alkyl halides is 3. The van der Waals surface area contributed by atoms with Crippen LogP contribution in [-0.4, -0.2) is 46.4 Å². The lowest BCUT2D eigenvalue weighted by atomic mass is 9.91. The summed E-state index contributed by atoms with van der Waals surface area (Å²) in [5.41, 5.74) is -0.277. The van der Waals surface area contributed by atoms with Gasteiger partial charge in [-0.1, -0.05) is 6.07 Å². The van der Waals surface area contributed by atoms with Gasteiger partial charge in [-0.2, -0.15) is 18.4 Å². The van der Waals surface area contributed by atoms with Crippen LogP contribution in [0.4, 0.5) is 19.1 Å². The van der Waals surface area contributed by atoms with Gasteiger partial charge in [-0.15, -0.1) is 0 Å². The number of nitrogens with zero attached hydrogens (tertiary/aromatic N) is 3. The number of nitrogens with two attached hydrogens (primary N) is 1. The molecular weight excluding hydrogens is 464 g/mol. The summed E-state index contributed by atoms with van der Waals surface area (Å²) >= 11 is 0. The van der Waals surface area contributed by atoms with Gasteiger partial charge in [0, 0.05) is 29.8 Å². The molecule has 180 valence electrons. The van der Waals surface area contributed by atoms with Crippen molar-refractivity contribution in [3.8, 4) is 17.3 Å². The Morgan fingerprint density at radius 2 is 2.06 bits per heavy atom. The molecule has 1 aliphatic rings. The number of fused-ring (bicyclic) bond motifs is 1. The van der Waals surface area contributed by atoms with Crippen molar-refractivity contribution in [3.05, 3.63) is 35.7 Å². The maximum atomic E-state index is 13.9. The van der Waals surface area contributed by atoms with E-state index < -0.39 is 18.9 Å². The van der Waals surface area contributed by atoms with Crippen LogP contribution in [0.15, 0.2) is 24.5 Å². The van der Waals surface area contributed by atoms with E-state index in [1.807, 2.05) is 6.07 Å². The van der Waals surface area contributed by atoms with Crippen LogP contribution in [-0.2, 0) is 10.7 Å². The van der Waals surface area contributed by atoms with Gasteiger partial charge in [-0.25, -0.2) is 9.97 Å².